The second-order valence-corrected chi connectivity index (χ2v) is 8.30. The molecular formula is C22H33N3O4. The molecule has 4 rings (SSSR count). The standard InChI is InChI=1S/C22H33N3O4/c1-23-21(25(2)9-12-27-14-17-3-4-17)24-15-22(7-10-26-11-8-22)18-5-6-19-20(13-18)29-16-28-19/h5-6,13,17H,3-4,7-12,14-16H2,1-2H3,(H,23,24). The van der Waals surface area contributed by atoms with Gasteiger partial charge in [-0.3, -0.25) is 4.99 Å². The summed E-state index contributed by atoms with van der Waals surface area (Å²) < 4.78 is 22.6. The highest BCUT2D eigenvalue weighted by Crippen LogP contribution is 2.40. The summed E-state index contributed by atoms with van der Waals surface area (Å²) in [5.74, 6) is 3.35. The molecular weight excluding hydrogens is 370 g/mol. The van der Waals surface area contributed by atoms with E-state index in [9.17, 15) is 0 Å². The second-order valence-electron chi connectivity index (χ2n) is 8.30. The molecule has 1 aromatic rings. The summed E-state index contributed by atoms with van der Waals surface area (Å²) in [6.45, 7) is 5.08. The Morgan fingerprint density at radius 2 is 2.03 bits per heavy atom. The first-order valence-electron chi connectivity index (χ1n) is 10.7. The summed E-state index contributed by atoms with van der Waals surface area (Å²) in [5, 5.41) is 3.60. The van der Waals surface area contributed by atoms with Gasteiger partial charge in [0.05, 0.1) is 6.61 Å². The third-order valence-corrected chi connectivity index (χ3v) is 6.21. The van der Waals surface area contributed by atoms with Crippen molar-refractivity contribution < 1.29 is 18.9 Å². The van der Waals surface area contributed by atoms with Gasteiger partial charge < -0.3 is 29.2 Å². The van der Waals surface area contributed by atoms with Crippen molar-refractivity contribution in [1.29, 1.82) is 0 Å². The molecule has 2 fully saturated rings. The van der Waals surface area contributed by atoms with Crippen LogP contribution in [0.25, 0.3) is 0 Å². The summed E-state index contributed by atoms with van der Waals surface area (Å²) in [6, 6.07) is 6.32. The molecule has 0 aromatic heterocycles. The number of rotatable bonds is 8. The van der Waals surface area contributed by atoms with E-state index in [1.165, 1.54) is 18.4 Å². The van der Waals surface area contributed by atoms with Gasteiger partial charge in [-0.15, -0.1) is 0 Å². The van der Waals surface area contributed by atoms with Crippen LogP contribution in [0.2, 0.25) is 0 Å². The lowest BCUT2D eigenvalue weighted by atomic mass is 9.74. The Bertz CT molecular complexity index is 714. The lowest BCUT2D eigenvalue weighted by Crippen LogP contribution is -2.49. The number of aliphatic imine (C=N–C) groups is 1. The summed E-state index contributed by atoms with van der Waals surface area (Å²) in [7, 11) is 3.90. The first kappa shape index (κ1) is 20.3. The predicted octanol–water partition coefficient (Wildman–Crippen LogP) is 2.40. The Kier molecular flexibility index (Phi) is 6.45. The minimum absolute atomic E-state index is 0.0154. The number of nitrogens with zero attached hydrogens (tertiary/aromatic N) is 2. The van der Waals surface area contributed by atoms with Crippen molar-refractivity contribution in [3.63, 3.8) is 0 Å². The van der Waals surface area contributed by atoms with Crippen LogP contribution < -0.4 is 14.8 Å². The summed E-state index contributed by atoms with van der Waals surface area (Å²) in [6.07, 6.45) is 4.57. The van der Waals surface area contributed by atoms with Gasteiger partial charge in [-0.05, 0) is 49.3 Å². The fraction of sp³-hybridized carbons (Fsp3) is 0.682. The van der Waals surface area contributed by atoms with E-state index in [2.05, 4.69) is 34.4 Å². The molecule has 1 N–H and O–H groups in total. The van der Waals surface area contributed by atoms with Crippen molar-refractivity contribution in [2.24, 2.45) is 10.9 Å². The van der Waals surface area contributed by atoms with Crippen LogP contribution in [0, 0.1) is 5.92 Å². The van der Waals surface area contributed by atoms with Crippen LogP contribution in [0.3, 0.4) is 0 Å². The van der Waals surface area contributed by atoms with Crippen molar-refractivity contribution in [2.45, 2.75) is 31.1 Å². The van der Waals surface area contributed by atoms with Crippen LogP contribution in [-0.2, 0) is 14.9 Å². The van der Waals surface area contributed by atoms with Crippen molar-refractivity contribution in [3.8, 4) is 11.5 Å². The molecule has 1 aliphatic carbocycles. The van der Waals surface area contributed by atoms with E-state index in [1.54, 1.807) is 0 Å². The SMILES string of the molecule is CN=C(NCC1(c2ccc3c(c2)OCO3)CCOCC1)N(C)CCOCC1CC1. The Morgan fingerprint density at radius 1 is 1.24 bits per heavy atom. The molecule has 0 atom stereocenters. The molecule has 7 nitrogen and oxygen atoms in total. The molecule has 7 heteroatoms. The minimum Gasteiger partial charge on any atom is -0.454 e. The van der Waals surface area contributed by atoms with E-state index in [0.29, 0.717) is 6.79 Å². The van der Waals surface area contributed by atoms with Crippen molar-refractivity contribution in [2.75, 3.05) is 60.4 Å². The topological polar surface area (TPSA) is 64.6 Å². The normalized spacial score (nSPS) is 20.6. The van der Waals surface area contributed by atoms with Crippen molar-refractivity contribution >= 4 is 5.96 Å². The zero-order valence-electron chi connectivity index (χ0n) is 17.6. The van der Waals surface area contributed by atoms with E-state index in [1.807, 2.05) is 13.1 Å². The van der Waals surface area contributed by atoms with Gasteiger partial charge in [0, 0.05) is 52.4 Å². The Hall–Kier alpha value is -1.99. The molecule has 2 heterocycles. The van der Waals surface area contributed by atoms with Gasteiger partial charge in [0.15, 0.2) is 17.5 Å². The number of hydrogen-bond acceptors (Lipinski definition) is 5. The average Bonchev–Trinajstić information content (AvgIpc) is 3.46. The van der Waals surface area contributed by atoms with Gasteiger partial charge in [0.1, 0.15) is 0 Å². The van der Waals surface area contributed by atoms with Gasteiger partial charge in [-0.1, -0.05) is 6.07 Å². The quantitative estimate of drug-likeness (QED) is 0.409. The maximum Gasteiger partial charge on any atom is 0.231 e. The van der Waals surface area contributed by atoms with E-state index in [4.69, 9.17) is 18.9 Å². The van der Waals surface area contributed by atoms with Crippen molar-refractivity contribution in [3.05, 3.63) is 23.8 Å². The fourth-order valence-corrected chi connectivity index (χ4v) is 4.03. The van der Waals surface area contributed by atoms with E-state index < -0.39 is 0 Å². The number of benzene rings is 1. The van der Waals surface area contributed by atoms with Gasteiger partial charge in [-0.2, -0.15) is 0 Å². The molecule has 0 amide bonds. The van der Waals surface area contributed by atoms with Crippen LogP contribution in [0.15, 0.2) is 23.2 Å². The predicted molar refractivity (Wildman–Crippen MR) is 112 cm³/mol. The highest BCUT2D eigenvalue weighted by atomic mass is 16.7. The minimum atomic E-state index is -0.0154. The molecule has 0 spiro atoms. The van der Waals surface area contributed by atoms with Gasteiger partial charge in [-0.25, -0.2) is 0 Å². The fourth-order valence-electron chi connectivity index (χ4n) is 4.03. The van der Waals surface area contributed by atoms with Crippen molar-refractivity contribution in [1.82, 2.24) is 10.2 Å². The number of nitrogens with one attached hydrogen (secondary N) is 1. The van der Waals surface area contributed by atoms with E-state index >= 15 is 0 Å². The Labute approximate surface area is 173 Å². The molecule has 0 bridgehead atoms. The molecule has 1 saturated carbocycles. The number of ether oxygens (including phenoxy) is 4. The summed E-state index contributed by atoms with van der Waals surface area (Å²) >= 11 is 0. The maximum absolute atomic E-state index is 5.78. The number of likely N-dealkylation sites (N-methyl/N-ethyl adjacent to an activating group) is 1. The third-order valence-electron chi connectivity index (χ3n) is 6.21. The number of fused-ring (bicyclic) bond motifs is 1. The largest absolute Gasteiger partial charge is 0.454 e. The molecule has 1 aromatic carbocycles. The first-order chi connectivity index (χ1) is 14.2. The third kappa shape index (κ3) is 4.95. The van der Waals surface area contributed by atoms with Crippen LogP contribution in [0.1, 0.15) is 31.2 Å². The first-order valence-corrected chi connectivity index (χ1v) is 10.7. The van der Waals surface area contributed by atoms with Gasteiger partial charge in [0.25, 0.3) is 0 Å². The zero-order chi connectivity index (χ0) is 20.1. The smallest absolute Gasteiger partial charge is 0.231 e. The number of guanidine groups is 1. The van der Waals surface area contributed by atoms with E-state index in [-0.39, 0.29) is 5.41 Å². The molecule has 3 aliphatic rings. The highest BCUT2D eigenvalue weighted by Gasteiger charge is 2.36. The molecule has 29 heavy (non-hydrogen) atoms. The molecule has 160 valence electrons. The highest BCUT2D eigenvalue weighted by molar-refractivity contribution is 5.79. The molecule has 2 aliphatic heterocycles. The number of hydrogen-bond donors (Lipinski definition) is 1. The Balaban J connectivity index is 1.38. The van der Waals surface area contributed by atoms with Crippen LogP contribution in [-0.4, -0.2) is 71.3 Å². The van der Waals surface area contributed by atoms with Crippen LogP contribution >= 0.6 is 0 Å². The summed E-state index contributed by atoms with van der Waals surface area (Å²) in [4.78, 5) is 6.62. The maximum atomic E-state index is 5.78. The van der Waals surface area contributed by atoms with Crippen LogP contribution in [0.4, 0.5) is 0 Å². The van der Waals surface area contributed by atoms with Gasteiger partial charge in [0.2, 0.25) is 6.79 Å². The second kappa shape index (κ2) is 9.22. The molecule has 0 radical (unpaired) electrons. The summed E-state index contributed by atoms with van der Waals surface area (Å²) in [5.41, 5.74) is 1.25. The molecule has 0 unspecified atom stereocenters. The monoisotopic (exact) mass is 403 g/mol. The lowest BCUT2D eigenvalue weighted by Gasteiger charge is -2.39. The van der Waals surface area contributed by atoms with Gasteiger partial charge >= 0.3 is 0 Å². The van der Waals surface area contributed by atoms with E-state index in [0.717, 1.165) is 75.7 Å². The lowest BCUT2D eigenvalue weighted by molar-refractivity contribution is 0.0510. The zero-order valence-corrected chi connectivity index (χ0v) is 17.6. The molecule has 1 saturated heterocycles. The Morgan fingerprint density at radius 3 is 2.79 bits per heavy atom. The average molecular weight is 404 g/mol. The van der Waals surface area contributed by atoms with Crippen LogP contribution in [0.5, 0.6) is 11.5 Å².